The second kappa shape index (κ2) is 6.06. The molecule has 5 nitrogen and oxygen atoms in total. The third-order valence-electron chi connectivity index (χ3n) is 5.37. The number of aromatic nitrogens is 2. The van der Waals surface area contributed by atoms with Crippen molar-refractivity contribution < 1.29 is 0 Å². The zero-order valence-electron chi connectivity index (χ0n) is 14.2. The van der Waals surface area contributed by atoms with E-state index in [0.717, 1.165) is 43.7 Å². The molecule has 1 aliphatic carbocycles. The van der Waals surface area contributed by atoms with E-state index >= 15 is 0 Å². The van der Waals surface area contributed by atoms with Crippen LogP contribution in [0.15, 0.2) is 30.3 Å². The molecule has 24 heavy (non-hydrogen) atoms. The Labute approximate surface area is 143 Å². The molecule has 2 aromatic rings. The monoisotopic (exact) mass is 323 g/mol. The molecule has 0 saturated carbocycles. The third kappa shape index (κ3) is 2.63. The van der Waals surface area contributed by atoms with Crippen molar-refractivity contribution in [2.24, 2.45) is 5.73 Å². The zero-order chi connectivity index (χ0) is 16.7. The quantitative estimate of drug-likeness (QED) is 0.887. The van der Waals surface area contributed by atoms with Gasteiger partial charge in [0, 0.05) is 30.1 Å². The van der Waals surface area contributed by atoms with Gasteiger partial charge in [0.05, 0.1) is 5.69 Å². The van der Waals surface area contributed by atoms with E-state index in [9.17, 15) is 0 Å². The van der Waals surface area contributed by atoms with Crippen LogP contribution in [0.25, 0.3) is 0 Å². The van der Waals surface area contributed by atoms with Crippen molar-refractivity contribution in [1.29, 1.82) is 0 Å². The summed E-state index contributed by atoms with van der Waals surface area (Å²) >= 11 is 0. The Morgan fingerprint density at radius 2 is 1.96 bits per heavy atom. The summed E-state index contributed by atoms with van der Waals surface area (Å²) in [5, 5.41) is 0. The normalized spacial score (nSPS) is 26.4. The number of nitrogens with two attached hydrogens (primary N) is 2. The van der Waals surface area contributed by atoms with E-state index < -0.39 is 0 Å². The summed E-state index contributed by atoms with van der Waals surface area (Å²) < 4.78 is 0. The number of hydrogen-bond acceptors (Lipinski definition) is 5. The summed E-state index contributed by atoms with van der Waals surface area (Å²) in [6.07, 6.45) is 4.29. The fourth-order valence-corrected chi connectivity index (χ4v) is 4.27. The van der Waals surface area contributed by atoms with E-state index in [1.165, 1.54) is 11.1 Å². The Hall–Kier alpha value is -2.14. The number of rotatable bonds is 2. The average molecular weight is 323 g/mol. The van der Waals surface area contributed by atoms with Crippen LogP contribution in [-0.2, 0) is 6.42 Å². The van der Waals surface area contributed by atoms with Crippen LogP contribution in [0.4, 0.5) is 11.8 Å². The molecule has 0 spiro atoms. The number of nitrogens with zero attached hydrogens (tertiary/aromatic N) is 3. The van der Waals surface area contributed by atoms with Crippen LogP contribution in [0.1, 0.15) is 48.9 Å². The SMILES string of the molecule is C[C@@H]1C[C@@H](N)CN1c1nc(N)nc2c1CCCC2c1ccccc1. The number of anilines is 2. The fraction of sp³-hybridized carbons (Fsp3) is 0.474. The van der Waals surface area contributed by atoms with Crippen LogP contribution >= 0.6 is 0 Å². The first-order valence-corrected chi connectivity index (χ1v) is 8.87. The summed E-state index contributed by atoms with van der Waals surface area (Å²) in [6, 6.07) is 11.2. The van der Waals surface area contributed by atoms with E-state index in [2.05, 4.69) is 52.1 Å². The first kappa shape index (κ1) is 15.4. The molecule has 1 aliphatic heterocycles. The zero-order valence-corrected chi connectivity index (χ0v) is 14.2. The van der Waals surface area contributed by atoms with Gasteiger partial charge in [-0.2, -0.15) is 4.98 Å². The third-order valence-corrected chi connectivity index (χ3v) is 5.37. The second-order valence-corrected chi connectivity index (χ2v) is 7.12. The van der Waals surface area contributed by atoms with Crippen molar-refractivity contribution >= 4 is 11.8 Å². The second-order valence-electron chi connectivity index (χ2n) is 7.12. The Morgan fingerprint density at radius 3 is 2.67 bits per heavy atom. The van der Waals surface area contributed by atoms with Gasteiger partial charge in [0.2, 0.25) is 5.95 Å². The molecular weight excluding hydrogens is 298 g/mol. The smallest absolute Gasteiger partial charge is 0.222 e. The van der Waals surface area contributed by atoms with Crippen LogP contribution in [-0.4, -0.2) is 28.6 Å². The van der Waals surface area contributed by atoms with Gasteiger partial charge in [-0.25, -0.2) is 4.98 Å². The first-order chi connectivity index (χ1) is 11.6. The van der Waals surface area contributed by atoms with Crippen molar-refractivity contribution in [3.8, 4) is 0 Å². The van der Waals surface area contributed by atoms with Crippen LogP contribution in [0.3, 0.4) is 0 Å². The molecule has 126 valence electrons. The molecule has 2 aliphatic rings. The predicted octanol–water partition coefficient (Wildman–Crippen LogP) is 2.45. The minimum absolute atomic E-state index is 0.209. The maximum atomic E-state index is 6.17. The van der Waals surface area contributed by atoms with E-state index in [-0.39, 0.29) is 6.04 Å². The molecule has 1 saturated heterocycles. The molecule has 2 heterocycles. The lowest BCUT2D eigenvalue weighted by Crippen LogP contribution is -2.32. The standard InChI is InChI=1S/C19H25N5/c1-12-10-14(20)11-24(12)18-16-9-5-8-15(13-6-3-2-4-7-13)17(16)22-19(21)23-18/h2-4,6-7,12,14-15H,5,8-11,20H2,1H3,(H2,21,22,23)/t12-,14-,15?/m1/s1. The largest absolute Gasteiger partial charge is 0.368 e. The lowest BCUT2D eigenvalue weighted by atomic mass is 9.82. The summed E-state index contributed by atoms with van der Waals surface area (Å²) in [7, 11) is 0. The van der Waals surface area contributed by atoms with Crippen LogP contribution in [0.2, 0.25) is 0 Å². The Balaban J connectivity index is 1.80. The van der Waals surface area contributed by atoms with Crippen molar-refractivity contribution in [3.63, 3.8) is 0 Å². The van der Waals surface area contributed by atoms with Gasteiger partial charge in [-0.05, 0) is 38.2 Å². The highest BCUT2D eigenvalue weighted by molar-refractivity contribution is 5.56. The Morgan fingerprint density at radius 1 is 1.17 bits per heavy atom. The summed E-state index contributed by atoms with van der Waals surface area (Å²) in [5.74, 6) is 1.70. The molecular formula is C19H25N5. The molecule has 0 radical (unpaired) electrons. The lowest BCUT2D eigenvalue weighted by molar-refractivity contribution is 0.591. The number of nitrogen functional groups attached to an aromatic ring is 1. The number of benzene rings is 1. The molecule has 3 atom stereocenters. The van der Waals surface area contributed by atoms with E-state index in [1.807, 2.05) is 0 Å². The van der Waals surface area contributed by atoms with E-state index in [1.54, 1.807) is 0 Å². The molecule has 1 fully saturated rings. The Bertz CT molecular complexity index is 730. The molecule has 0 amide bonds. The molecule has 5 heteroatoms. The van der Waals surface area contributed by atoms with Crippen molar-refractivity contribution in [3.05, 3.63) is 47.2 Å². The van der Waals surface area contributed by atoms with Gasteiger partial charge >= 0.3 is 0 Å². The van der Waals surface area contributed by atoms with Crippen LogP contribution < -0.4 is 16.4 Å². The summed E-state index contributed by atoms with van der Waals surface area (Å²) in [5.41, 5.74) is 16.0. The topological polar surface area (TPSA) is 81.1 Å². The minimum atomic E-state index is 0.209. The molecule has 4 rings (SSSR count). The van der Waals surface area contributed by atoms with Gasteiger partial charge in [0.15, 0.2) is 0 Å². The summed E-state index contributed by atoms with van der Waals surface area (Å²) in [6.45, 7) is 3.06. The van der Waals surface area contributed by atoms with Crippen molar-refractivity contribution in [2.45, 2.75) is 50.6 Å². The van der Waals surface area contributed by atoms with Gasteiger partial charge in [-0.15, -0.1) is 0 Å². The molecule has 1 aromatic heterocycles. The first-order valence-electron chi connectivity index (χ1n) is 8.87. The predicted molar refractivity (Wildman–Crippen MR) is 97.1 cm³/mol. The lowest BCUT2D eigenvalue weighted by Gasteiger charge is -2.31. The maximum Gasteiger partial charge on any atom is 0.222 e. The van der Waals surface area contributed by atoms with Gasteiger partial charge in [0.25, 0.3) is 0 Å². The highest BCUT2D eigenvalue weighted by Gasteiger charge is 2.33. The van der Waals surface area contributed by atoms with Crippen LogP contribution in [0.5, 0.6) is 0 Å². The molecule has 4 N–H and O–H groups in total. The van der Waals surface area contributed by atoms with Gasteiger partial charge in [0.1, 0.15) is 5.82 Å². The van der Waals surface area contributed by atoms with E-state index in [0.29, 0.717) is 17.9 Å². The van der Waals surface area contributed by atoms with Gasteiger partial charge in [-0.1, -0.05) is 30.3 Å². The van der Waals surface area contributed by atoms with Gasteiger partial charge < -0.3 is 16.4 Å². The fourth-order valence-electron chi connectivity index (χ4n) is 4.27. The molecule has 0 bridgehead atoms. The molecule has 1 unspecified atom stereocenters. The highest BCUT2D eigenvalue weighted by atomic mass is 15.3. The highest BCUT2D eigenvalue weighted by Crippen LogP contribution is 2.40. The average Bonchev–Trinajstić information content (AvgIpc) is 2.92. The maximum absolute atomic E-state index is 6.17. The van der Waals surface area contributed by atoms with Crippen LogP contribution in [0, 0.1) is 0 Å². The van der Waals surface area contributed by atoms with Crippen molar-refractivity contribution in [1.82, 2.24) is 9.97 Å². The molecule has 1 aromatic carbocycles. The van der Waals surface area contributed by atoms with Gasteiger partial charge in [-0.3, -0.25) is 0 Å². The minimum Gasteiger partial charge on any atom is -0.368 e. The number of hydrogen-bond donors (Lipinski definition) is 2. The Kier molecular flexibility index (Phi) is 3.88. The van der Waals surface area contributed by atoms with E-state index in [4.69, 9.17) is 11.5 Å². The number of fused-ring (bicyclic) bond motifs is 1. The van der Waals surface area contributed by atoms with Crippen molar-refractivity contribution in [2.75, 3.05) is 17.2 Å². The summed E-state index contributed by atoms with van der Waals surface area (Å²) in [4.78, 5) is 11.6.